The second-order valence-corrected chi connectivity index (χ2v) is 6.18. The van der Waals surface area contributed by atoms with Crippen LogP contribution >= 0.6 is 23.7 Å². The van der Waals surface area contributed by atoms with Crippen LogP contribution in [0.15, 0.2) is 48.1 Å². The molecule has 124 valence electrons. The first-order chi connectivity index (χ1) is 11.4. The minimum Gasteiger partial charge on any atom is -0.493 e. The summed E-state index contributed by atoms with van der Waals surface area (Å²) < 4.78 is 5.70. The molecule has 0 saturated carbocycles. The number of hydrogen-bond donors (Lipinski definition) is 1. The van der Waals surface area contributed by atoms with Crippen molar-refractivity contribution in [2.45, 2.75) is 19.0 Å². The number of rotatable bonds is 4. The van der Waals surface area contributed by atoms with E-state index < -0.39 is 0 Å². The molecule has 0 radical (unpaired) electrons. The third kappa shape index (κ3) is 3.56. The molecule has 3 heterocycles. The smallest absolute Gasteiger partial charge is 0.188 e. The summed E-state index contributed by atoms with van der Waals surface area (Å²) in [6.45, 7) is 1.47. The van der Waals surface area contributed by atoms with Crippen molar-refractivity contribution in [1.29, 1.82) is 0 Å². The van der Waals surface area contributed by atoms with Crippen LogP contribution in [0, 0.1) is 0 Å². The fraction of sp³-hybridized carbons (Fsp3) is 0.235. The van der Waals surface area contributed by atoms with Crippen LogP contribution in [0.5, 0.6) is 5.75 Å². The monoisotopic (exact) mass is 360 g/mol. The molecule has 4 rings (SSSR count). The van der Waals surface area contributed by atoms with Crippen molar-refractivity contribution in [2.75, 3.05) is 6.61 Å². The molecule has 0 aliphatic carbocycles. The molecule has 5 nitrogen and oxygen atoms in total. The zero-order valence-electron chi connectivity index (χ0n) is 12.9. The van der Waals surface area contributed by atoms with Crippen molar-refractivity contribution in [3.8, 4) is 16.6 Å². The quantitative estimate of drug-likeness (QED) is 0.769. The van der Waals surface area contributed by atoms with Crippen LogP contribution in [0.4, 0.5) is 0 Å². The molecule has 1 aliphatic heterocycles. The van der Waals surface area contributed by atoms with Gasteiger partial charge in [-0.25, -0.2) is 15.0 Å². The van der Waals surface area contributed by atoms with Crippen LogP contribution in [-0.4, -0.2) is 21.6 Å². The largest absolute Gasteiger partial charge is 0.493 e. The fourth-order valence-corrected chi connectivity index (χ4v) is 3.45. The zero-order valence-corrected chi connectivity index (χ0v) is 14.5. The average molecular weight is 361 g/mol. The second-order valence-electron chi connectivity index (χ2n) is 5.32. The van der Waals surface area contributed by atoms with Gasteiger partial charge in [0.25, 0.3) is 0 Å². The first-order valence-electron chi connectivity index (χ1n) is 7.57. The van der Waals surface area contributed by atoms with Crippen LogP contribution < -0.4 is 10.1 Å². The lowest BCUT2D eigenvalue weighted by Gasteiger charge is -2.26. The summed E-state index contributed by atoms with van der Waals surface area (Å²) in [6.07, 6.45) is 4.44. The summed E-state index contributed by atoms with van der Waals surface area (Å²) >= 11 is 1.57. The number of nitrogens with zero attached hydrogens (tertiary/aromatic N) is 3. The van der Waals surface area contributed by atoms with Gasteiger partial charge in [0.05, 0.1) is 12.3 Å². The number of thiazole rings is 1. The topological polar surface area (TPSA) is 59.9 Å². The third-order valence-electron chi connectivity index (χ3n) is 3.80. The summed E-state index contributed by atoms with van der Waals surface area (Å²) in [5.41, 5.74) is 2.24. The van der Waals surface area contributed by atoms with E-state index in [-0.39, 0.29) is 12.4 Å². The van der Waals surface area contributed by atoms with Crippen LogP contribution in [0.25, 0.3) is 10.8 Å². The van der Waals surface area contributed by atoms with E-state index in [0.717, 1.165) is 36.0 Å². The van der Waals surface area contributed by atoms with E-state index in [1.165, 1.54) is 5.56 Å². The molecule has 1 atom stereocenters. The highest BCUT2D eigenvalue weighted by atomic mass is 35.5. The maximum absolute atomic E-state index is 5.70. The minimum absolute atomic E-state index is 0. The maximum atomic E-state index is 5.70. The highest BCUT2D eigenvalue weighted by molar-refractivity contribution is 7.13. The Morgan fingerprint density at radius 1 is 1.17 bits per heavy atom. The first kappa shape index (κ1) is 16.8. The summed E-state index contributed by atoms with van der Waals surface area (Å²) in [5.74, 6) is 1.66. The molecular weight excluding hydrogens is 344 g/mol. The number of fused-ring (bicyclic) bond motifs is 1. The fourth-order valence-electron chi connectivity index (χ4n) is 2.68. The molecule has 3 aromatic rings. The van der Waals surface area contributed by atoms with Crippen LogP contribution in [0.3, 0.4) is 0 Å². The highest BCUT2D eigenvalue weighted by Crippen LogP contribution is 2.31. The van der Waals surface area contributed by atoms with Crippen LogP contribution in [0.1, 0.15) is 23.7 Å². The van der Waals surface area contributed by atoms with Crippen molar-refractivity contribution in [2.24, 2.45) is 0 Å². The molecule has 0 amide bonds. The Morgan fingerprint density at radius 2 is 2.00 bits per heavy atom. The van der Waals surface area contributed by atoms with Gasteiger partial charge in [0.2, 0.25) is 0 Å². The molecule has 24 heavy (non-hydrogen) atoms. The first-order valence-corrected chi connectivity index (χ1v) is 8.45. The van der Waals surface area contributed by atoms with Crippen molar-refractivity contribution >= 4 is 23.7 Å². The SMILES string of the molecule is Cl.c1cnc(-c2nc(CNC3CCOc4ccccc43)cs2)nc1. The Kier molecular flexibility index (Phi) is 5.40. The van der Waals surface area contributed by atoms with Gasteiger partial charge in [-0.15, -0.1) is 23.7 Å². The van der Waals surface area contributed by atoms with E-state index in [1.54, 1.807) is 23.7 Å². The summed E-state index contributed by atoms with van der Waals surface area (Å²) in [5, 5.41) is 6.50. The molecule has 2 aromatic heterocycles. The zero-order chi connectivity index (χ0) is 15.5. The molecule has 0 bridgehead atoms. The number of benzene rings is 1. The van der Waals surface area contributed by atoms with Gasteiger partial charge in [-0.1, -0.05) is 18.2 Å². The van der Waals surface area contributed by atoms with Crippen LogP contribution in [-0.2, 0) is 6.54 Å². The predicted octanol–water partition coefficient (Wildman–Crippen LogP) is 3.64. The highest BCUT2D eigenvalue weighted by Gasteiger charge is 2.20. The molecule has 0 spiro atoms. The Balaban J connectivity index is 0.00000169. The van der Waals surface area contributed by atoms with Gasteiger partial charge in [-0.3, -0.25) is 0 Å². The van der Waals surface area contributed by atoms with E-state index >= 15 is 0 Å². The van der Waals surface area contributed by atoms with Gasteiger partial charge >= 0.3 is 0 Å². The van der Waals surface area contributed by atoms with E-state index in [9.17, 15) is 0 Å². The van der Waals surface area contributed by atoms with Gasteiger partial charge in [0, 0.05) is 42.3 Å². The molecule has 0 saturated heterocycles. The van der Waals surface area contributed by atoms with Crippen molar-refractivity contribution in [1.82, 2.24) is 20.3 Å². The minimum atomic E-state index is 0. The number of hydrogen-bond acceptors (Lipinski definition) is 6. The van der Waals surface area contributed by atoms with E-state index in [1.807, 2.05) is 18.2 Å². The number of aromatic nitrogens is 3. The number of halogens is 1. The van der Waals surface area contributed by atoms with Crippen LogP contribution in [0.2, 0.25) is 0 Å². The summed E-state index contributed by atoms with van der Waals surface area (Å²) in [7, 11) is 0. The second kappa shape index (κ2) is 7.70. The molecule has 7 heteroatoms. The molecule has 1 N–H and O–H groups in total. The molecule has 1 unspecified atom stereocenters. The molecule has 1 aliphatic rings. The van der Waals surface area contributed by atoms with E-state index in [2.05, 4.69) is 37.8 Å². The Hall–Kier alpha value is -2.02. The Morgan fingerprint density at radius 3 is 2.88 bits per heavy atom. The number of ether oxygens (including phenoxy) is 1. The Labute approximate surface area is 150 Å². The van der Waals surface area contributed by atoms with Gasteiger partial charge in [0.1, 0.15) is 5.75 Å². The molecular formula is C17H17ClN4OS. The van der Waals surface area contributed by atoms with Crippen molar-refractivity contribution < 1.29 is 4.74 Å². The number of nitrogens with one attached hydrogen (secondary N) is 1. The molecule has 1 aromatic carbocycles. The predicted molar refractivity (Wildman–Crippen MR) is 96.5 cm³/mol. The third-order valence-corrected chi connectivity index (χ3v) is 4.68. The summed E-state index contributed by atoms with van der Waals surface area (Å²) in [6, 6.07) is 10.3. The van der Waals surface area contributed by atoms with E-state index in [4.69, 9.17) is 4.74 Å². The van der Waals surface area contributed by atoms with E-state index in [0.29, 0.717) is 11.9 Å². The van der Waals surface area contributed by atoms with Gasteiger partial charge < -0.3 is 10.1 Å². The Bertz CT molecular complexity index is 796. The van der Waals surface area contributed by atoms with Gasteiger partial charge in [-0.05, 0) is 12.1 Å². The average Bonchev–Trinajstić information content (AvgIpc) is 3.10. The van der Waals surface area contributed by atoms with Gasteiger partial charge in [0.15, 0.2) is 10.8 Å². The maximum Gasteiger partial charge on any atom is 0.188 e. The standard InChI is InChI=1S/C17H16N4OS.ClH/c1-2-5-15-13(4-1)14(6-9-22-15)20-10-12-11-23-17(21-12)16-18-7-3-8-19-16;/h1-5,7-8,11,14,20H,6,9-10H2;1H. The number of para-hydroxylation sites is 1. The normalized spacial score (nSPS) is 15.9. The van der Waals surface area contributed by atoms with Crippen molar-refractivity contribution in [3.63, 3.8) is 0 Å². The van der Waals surface area contributed by atoms with Crippen molar-refractivity contribution in [3.05, 3.63) is 59.4 Å². The van der Waals surface area contributed by atoms with Gasteiger partial charge in [-0.2, -0.15) is 0 Å². The lowest BCUT2D eigenvalue weighted by atomic mass is 10.0. The summed E-state index contributed by atoms with van der Waals surface area (Å²) in [4.78, 5) is 13.1. The lowest BCUT2D eigenvalue weighted by molar-refractivity contribution is 0.252. The lowest BCUT2D eigenvalue weighted by Crippen LogP contribution is -2.26. The molecule has 0 fully saturated rings.